The summed E-state index contributed by atoms with van der Waals surface area (Å²) in [5.41, 5.74) is 6.92. The number of hydrogen-bond donors (Lipinski definition) is 2. The van der Waals surface area contributed by atoms with Crippen molar-refractivity contribution >= 4 is 16.9 Å². The average Bonchev–Trinajstić information content (AvgIpc) is 3.21. The number of nitrogens with zero attached hydrogens (tertiary/aromatic N) is 2. The predicted molar refractivity (Wildman–Crippen MR) is 120 cm³/mol. The normalized spacial score (nSPS) is 11.6. The molecule has 0 unspecified atom stereocenters. The smallest absolute Gasteiger partial charge is 0.251 e. The standard InChI is InChI=1S/C25H26N4O/c1-16-13-17(5-10-20(16)22-21-11-12-26-23(21)29-15-28-22)14-27-24(30)18-6-8-19(9-7-18)25(2,3)4/h5-13,15H,14H2,1-4H3,(H,27,30)(H,26,28,29). The van der Waals surface area contributed by atoms with Gasteiger partial charge in [-0.15, -0.1) is 0 Å². The summed E-state index contributed by atoms with van der Waals surface area (Å²) in [7, 11) is 0. The van der Waals surface area contributed by atoms with Crippen molar-refractivity contribution in [1.29, 1.82) is 0 Å². The van der Waals surface area contributed by atoms with Gasteiger partial charge in [0.25, 0.3) is 5.91 Å². The number of benzene rings is 2. The van der Waals surface area contributed by atoms with Crippen LogP contribution in [0.25, 0.3) is 22.3 Å². The molecule has 0 aliphatic heterocycles. The van der Waals surface area contributed by atoms with Gasteiger partial charge in [0.15, 0.2) is 0 Å². The number of nitrogens with one attached hydrogen (secondary N) is 2. The molecular formula is C25H26N4O. The number of carbonyl (C=O) groups excluding carboxylic acids is 1. The van der Waals surface area contributed by atoms with Gasteiger partial charge in [0.1, 0.15) is 12.0 Å². The minimum atomic E-state index is -0.0676. The van der Waals surface area contributed by atoms with Gasteiger partial charge < -0.3 is 10.3 Å². The molecule has 2 heterocycles. The van der Waals surface area contributed by atoms with Gasteiger partial charge in [0, 0.05) is 29.3 Å². The summed E-state index contributed by atoms with van der Waals surface area (Å²) in [4.78, 5) is 24.4. The summed E-state index contributed by atoms with van der Waals surface area (Å²) in [6.45, 7) is 9.03. The molecule has 5 nitrogen and oxygen atoms in total. The van der Waals surface area contributed by atoms with Crippen molar-refractivity contribution in [2.24, 2.45) is 0 Å². The van der Waals surface area contributed by atoms with Gasteiger partial charge in [-0.2, -0.15) is 0 Å². The minimum Gasteiger partial charge on any atom is -0.348 e. The summed E-state index contributed by atoms with van der Waals surface area (Å²) in [5, 5.41) is 4.02. The third kappa shape index (κ3) is 3.96. The van der Waals surface area contributed by atoms with Crippen molar-refractivity contribution < 1.29 is 4.79 Å². The number of H-pyrrole nitrogens is 1. The van der Waals surface area contributed by atoms with Crippen molar-refractivity contribution in [2.45, 2.75) is 39.7 Å². The number of aromatic amines is 1. The molecule has 30 heavy (non-hydrogen) atoms. The Bertz CT molecular complexity index is 1200. The minimum absolute atomic E-state index is 0.0676. The Morgan fingerprint density at radius 2 is 1.80 bits per heavy atom. The first-order chi connectivity index (χ1) is 14.3. The van der Waals surface area contributed by atoms with Crippen LogP contribution in [0.1, 0.15) is 47.8 Å². The third-order valence-electron chi connectivity index (χ3n) is 5.37. The maximum absolute atomic E-state index is 12.5. The molecule has 152 valence electrons. The largest absolute Gasteiger partial charge is 0.348 e. The topological polar surface area (TPSA) is 70.7 Å². The third-order valence-corrected chi connectivity index (χ3v) is 5.37. The summed E-state index contributed by atoms with van der Waals surface area (Å²) in [5.74, 6) is -0.0676. The number of aromatic nitrogens is 3. The lowest BCUT2D eigenvalue weighted by molar-refractivity contribution is 0.0951. The maximum atomic E-state index is 12.5. The summed E-state index contributed by atoms with van der Waals surface area (Å²) < 4.78 is 0. The number of amides is 1. The van der Waals surface area contributed by atoms with Crippen LogP contribution < -0.4 is 5.32 Å². The summed E-state index contributed by atoms with van der Waals surface area (Å²) in [6.07, 6.45) is 3.45. The van der Waals surface area contributed by atoms with E-state index in [-0.39, 0.29) is 11.3 Å². The van der Waals surface area contributed by atoms with Crippen LogP contribution >= 0.6 is 0 Å². The second kappa shape index (κ2) is 7.75. The van der Waals surface area contributed by atoms with E-state index in [9.17, 15) is 4.79 Å². The second-order valence-corrected chi connectivity index (χ2v) is 8.62. The Balaban J connectivity index is 1.48. The van der Waals surface area contributed by atoms with Crippen LogP contribution in [0.2, 0.25) is 0 Å². The van der Waals surface area contributed by atoms with E-state index in [2.05, 4.69) is 60.1 Å². The molecule has 0 fully saturated rings. The van der Waals surface area contributed by atoms with E-state index in [4.69, 9.17) is 0 Å². The Kier molecular flexibility index (Phi) is 5.12. The Morgan fingerprint density at radius 1 is 1.03 bits per heavy atom. The average molecular weight is 399 g/mol. The Morgan fingerprint density at radius 3 is 2.50 bits per heavy atom. The van der Waals surface area contributed by atoms with Gasteiger partial charge in [-0.05, 0) is 47.2 Å². The fourth-order valence-corrected chi connectivity index (χ4v) is 3.59. The van der Waals surface area contributed by atoms with E-state index in [1.54, 1.807) is 6.33 Å². The number of hydrogen-bond acceptors (Lipinski definition) is 3. The molecule has 0 aliphatic carbocycles. The van der Waals surface area contributed by atoms with Crippen LogP contribution in [0.15, 0.2) is 61.1 Å². The van der Waals surface area contributed by atoms with E-state index < -0.39 is 0 Å². The Labute approximate surface area is 176 Å². The molecular weight excluding hydrogens is 372 g/mol. The second-order valence-electron chi connectivity index (χ2n) is 8.62. The highest BCUT2D eigenvalue weighted by atomic mass is 16.1. The van der Waals surface area contributed by atoms with Gasteiger partial charge in [0.2, 0.25) is 0 Å². The van der Waals surface area contributed by atoms with E-state index in [1.165, 1.54) is 5.56 Å². The fourth-order valence-electron chi connectivity index (χ4n) is 3.59. The SMILES string of the molecule is Cc1cc(CNC(=O)c2ccc(C(C)(C)C)cc2)ccc1-c1ncnc2[nH]ccc12. The number of aryl methyl sites for hydroxylation is 1. The van der Waals surface area contributed by atoms with E-state index in [0.29, 0.717) is 12.1 Å². The molecule has 0 radical (unpaired) electrons. The zero-order chi connectivity index (χ0) is 21.3. The zero-order valence-electron chi connectivity index (χ0n) is 17.8. The first-order valence-electron chi connectivity index (χ1n) is 10.1. The molecule has 0 aliphatic rings. The van der Waals surface area contributed by atoms with Crippen molar-refractivity contribution in [3.63, 3.8) is 0 Å². The number of fused-ring (bicyclic) bond motifs is 1. The first kappa shape index (κ1) is 19.8. The first-order valence-corrected chi connectivity index (χ1v) is 10.1. The molecule has 0 saturated heterocycles. The van der Waals surface area contributed by atoms with Crippen LogP contribution in [0.3, 0.4) is 0 Å². The van der Waals surface area contributed by atoms with Crippen LogP contribution in [0, 0.1) is 6.92 Å². The van der Waals surface area contributed by atoms with E-state index in [1.807, 2.05) is 42.6 Å². The maximum Gasteiger partial charge on any atom is 0.251 e. The highest BCUT2D eigenvalue weighted by Crippen LogP contribution is 2.28. The molecule has 4 rings (SSSR count). The quantitative estimate of drug-likeness (QED) is 0.499. The van der Waals surface area contributed by atoms with Gasteiger partial charge in [-0.25, -0.2) is 9.97 Å². The molecule has 2 aromatic heterocycles. The predicted octanol–water partition coefficient (Wildman–Crippen LogP) is 5.16. The molecule has 5 heteroatoms. The van der Waals surface area contributed by atoms with Gasteiger partial charge in [-0.1, -0.05) is 51.1 Å². The summed E-state index contributed by atoms with van der Waals surface area (Å²) in [6, 6.07) is 16.0. The monoisotopic (exact) mass is 398 g/mol. The molecule has 0 atom stereocenters. The lowest BCUT2D eigenvalue weighted by Crippen LogP contribution is -2.23. The molecule has 0 spiro atoms. The lowest BCUT2D eigenvalue weighted by Gasteiger charge is -2.19. The summed E-state index contributed by atoms with van der Waals surface area (Å²) >= 11 is 0. The van der Waals surface area contributed by atoms with Gasteiger partial charge in [-0.3, -0.25) is 4.79 Å². The van der Waals surface area contributed by atoms with Crippen molar-refractivity contribution in [3.8, 4) is 11.3 Å². The van der Waals surface area contributed by atoms with Crippen molar-refractivity contribution in [2.75, 3.05) is 0 Å². The lowest BCUT2D eigenvalue weighted by atomic mass is 9.87. The number of rotatable bonds is 4. The highest BCUT2D eigenvalue weighted by Gasteiger charge is 2.14. The molecule has 0 saturated carbocycles. The molecule has 1 amide bonds. The molecule has 2 N–H and O–H groups in total. The number of carbonyl (C=O) groups is 1. The molecule has 0 bridgehead atoms. The van der Waals surface area contributed by atoms with E-state index >= 15 is 0 Å². The zero-order valence-corrected chi connectivity index (χ0v) is 17.8. The van der Waals surface area contributed by atoms with Gasteiger partial charge >= 0.3 is 0 Å². The molecule has 4 aromatic rings. The Hall–Kier alpha value is -3.47. The van der Waals surface area contributed by atoms with Crippen LogP contribution in [-0.2, 0) is 12.0 Å². The highest BCUT2D eigenvalue weighted by molar-refractivity contribution is 5.94. The van der Waals surface area contributed by atoms with Crippen molar-refractivity contribution in [1.82, 2.24) is 20.3 Å². The van der Waals surface area contributed by atoms with Crippen LogP contribution in [-0.4, -0.2) is 20.9 Å². The van der Waals surface area contributed by atoms with Gasteiger partial charge in [0.05, 0.1) is 5.69 Å². The van der Waals surface area contributed by atoms with E-state index in [0.717, 1.165) is 33.4 Å². The van der Waals surface area contributed by atoms with Crippen molar-refractivity contribution in [3.05, 3.63) is 83.3 Å². The molecule has 2 aromatic carbocycles. The van der Waals surface area contributed by atoms with Crippen LogP contribution in [0.4, 0.5) is 0 Å². The fraction of sp³-hybridized carbons (Fsp3) is 0.240. The van der Waals surface area contributed by atoms with Crippen LogP contribution in [0.5, 0.6) is 0 Å².